The first-order valence-electron chi connectivity index (χ1n) is 9.34. The van der Waals surface area contributed by atoms with E-state index in [0.29, 0.717) is 19.5 Å². The third-order valence-electron chi connectivity index (χ3n) is 5.14. The first-order chi connectivity index (χ1) is 12.5. The number of piperazine rings is 1. The Hall–Kier alpha value is -1.69. The van der Waals surface area contributed by atoms with Gasteiger partial charge in [0.25, 0.3) is 0 Å². The molecule has 0 spiro atoms. The summed E-state index contributed by atoms with van der Waals surface area (Å²) in [6.45, 7) is 5.09. The first kappa shape index (κ1) is 19.1. The van der Waals surface area contributed by atoms with Gasteiger partial charge in [-0.05, 0) is 30.9 Å². The molecule has 1 aliphatic heterocycles. The summed E-state index contributed by atoms with van der Waals surface area (Å²) < 4.78 is 27.1. The van der Waals surface area contributed by atoms with Crippen LogP contribution >= 0.6 is 0 Å². The fourth-order valence-corrected chi connectivity index (χ4v) is 5.04. The highest BCUT2D eigenvalue weighted by molar-refractivity contribution is 7.89. The van der Waals surface area contributed by atoms with Crippen molar-refractivity contribution in [3.05, 3.63) is 71.8 Å². The van der Waals surface area contributed by atoms with E-state index in [1.807, 2.05) is 36.4 Å². The topological polar surface area (TPSA) is 40.6 Å². The molecule has 1 atom stereocenters. The summed E-state index contributed by atoms with van der Waals surface area (Å²) in [5.74, 6) is 0.188. The largest absolute Gasteiger partial charge is 0.298 e. The van der Waals surface area contributed by atoms with E-state index in [-0.39, 0.29) is 11.8 Å². The minimum atomic E-state index is -3.20. The predicted octanol–water partition coefficient (Wildman–Crippen LogP) is 2.81. The van der Waals surface area contributed by atoms with E-state index in [4.69, 9.17) is 0 Å². The van der Waals surface area contributed by atoms with Gasteiger partial charge < -0.3 is 0 Å². The van der Waals surface area contributed by atoms with Crippen molar-refractivity contribution in [1.82, 2.24) is 9.21 Å². The molecule has 0 aromatic heterocycles. The lowest BCUT2D eigenvalue weighted by molar-refractivity contribution is 0.130. The van der Waals surface area contributed by atoms with Crippen molar-refractivity contribution in [2.45, 2.75) is 25.8 Å². The van der Waals surface area contributed by atoms with Gasteiger partial charge in [-0.15, -0.1) is 0 Å². The number of nitrogens with zero attached hydrogens (tertiary/aromatic N) is 2. The van der Waals surface area contributed by atoms with Gasteiger partial charge >= 0.3 is 0 Å². The number of sulfonamides is 1. The molecular weight excluding hydrogens is 344 g/mol. The van der Waals surface area contributed by atoms with Gasteiger partial charge in [-0.2, -0.15) is 4.31 Å². The molecule has 0 bridgehead atoms. The highest BCUT2D eigenvalue weighted by Gasteiger charge is 2.30. The fraction of sp³-hybridized carbons (Fsp3) is 0.429. The fourth-order valence-electron chi connectivity index (χ4n) is 3.48. The van der Waals surface area contributed by atoms with Crippen molar-refractivity contribution in [1.29, 1.82) is 0 Å². The molecule has 1 saturated heterocycles. The lowest BCUT2D eigenvalue weighted by Crippen LogP contribution is -2.54. The van der Waals surface area contributed by atoms with Gasteiger partial charge in [0.1, 0.15) is 0 Å². The van der Waals surface area contributed by atoms with Gasteiger partial charge in [-0.3, -0.25) is 4.90 Å². The number of rotatable bonds is 7. The number of hydrogen-bond donors (Lipinski definition) is 0. The summed E-state index contributed by atoms with van der Waals surface area (Å²) in [6.07, 6.45) is 1.58. The smallest absolute Gasteiger partial charge is 0.214 e. The molecule has 4 nitrogen and oxygen atoms in total. The van der Waals surface area contributed by atoms with Crippen molar-refractivity contribution in [3.63, 3.8) is 0 Å². The van der Waals surface area contributed by atoms with Crippen molar-refractivity contribution in [3.8, 4) is 0 Å². The maximum absolute atomic E-state index is 12.7. The third-order valence-corrected chi connectivity index (χ3v) is 6.98. The average Bonchev–Trinajstić information content (AvgIpc) is 2.67. The van der Waals surface area contributed by atoms with Gasteiger partial charge in [0.05, 0.1) is 5.75 Å². The number of hydrogen-bond acceptors (Lipinski definition) is 3. The molecule has 0 radical (unpaired) electrons. The molecule has 0 saturated carbocycles. The molecule has 1 unspecified atom stereocenters. The minimum absolute atomic E-state index is 0.188. The average molecular weight is 373 g/mol. The molecule has 0 aliphatic carbocycles. The van der Waals surface area contributed by atoms with E-state index in [0.717, 1.165) is 25.1 Å². The second-order valence-corrected chi connectivity index (χ2v) is 9.12. The van der Waals surface area contributed by atoms with Crippen LogP contribution in [0.15, 0.2) is 60.7 Å². The van der Waals surface area contributed by atoms with Crippen LogP contribution in [-0.4, -0.2) is 55.6 Å². The molecule has 2 aromatic rings. The zero-order valence-electron chi connectivity index (χ0n) is 15.4. The monoisotopic (exact) mass is 372 g/mol. The van der Waals surface area contributed by atoms with E-state index in [1.165, 1.54) is 5.56 Å². The zero-order chi connectivity index (χ0) is 18.4. The molecule has 0 N–H and O–H groups in total. The number of benzene rings is 2. The SMILES string of the molecule is CC1CN(S(=O)(=O)CCc2ccccc2)CCN1CCc1ccccc1. The summed E-state index contributed by atoms with van der Waals surface area (Å²) in [7, 11) is -3.20. The van der Waals surface area contributed by atoms with Crippen molar-refractivity contribution in [2.75, 3.05) is 31.9 Å². The summed E-state index contributed by atoms with van der Waals surface area (Å²) in [4.78, 5) is 2.40. The lowest BCUT2D eigenvalue weighted by atomic mass is 10.1. The minimum Gasteiger partial charge on any atom is -0.298 e. The molecule has 5 heteroatoms. The third kappa shape index (κ3) is 5.16. The summed E-state index contributed by atoms with van der Waals surface area (Å²) in [5.41, 5.74) is 2.41. The Bertz CT molecular complexity index is 778. The molecule has 1 aliphatic rings. The molecule has 26 heavy (non-hydrogen) atoms. The maximum Gasteiger partial charge on any atom is 0.214 e. The molecule has 1 heterocycles. The molecule has 2 aromatic carbocycles. The maximum atomic E-state index is 12.7. The Kier molecular flexibility index (Phi) is 6.46. The zero-order valence-corrected chi connectivity index (χ0v) is 16.2. The van der Waals surface area contributed by atoms with Crippen molar-refractivity contribution < 1.29 is 8.42 Å². The van der Waals surface area contributed by atoms with Crippen LogP contribution in [0.25, 0.3) is 0 Å². The lowest BCUT2D eigenvalue weighted by Gasteiger charge is -2.39. The van der Waals surface area contributed by atoms with Crippen LogP contribution in [0.3, 0.4) is 0 Å². The van der Waals surface area contributed by atoms with Gasteiger partial charge in [-0.1, -0.05) is 60.7 Å². The first-order valence-corrected chi connectivity index (χ1v) is 11.0. The summed E-state index contributed by atoms with van der Waals surface area (Å²) in [5, 5.41) is 0. The standard InChI is InChI=1S/C21H28N2O2S/c1-19-18-23(26(24,25)17-13-21-10-6-3-7-11-21)16-15-22(19)14-12-20-8-4-2-5-9-20/h2-11,19H,12-18H2,1H3. The van der Waals surface area contributed by atoms with Crippen LogP contribution in [0.5, 0.6) is 0 Å². The van der Waals surface area contributed by atoms with Crippen LogP contribution in [-0.2, 0) is 22.9 Å². The quantitative estimate of drug-likeness (QED) is 0.750. The van der Waals surface area contributed by atoms with E-state index in [9.17, 15) is 8.42 Å². The van der Waals surface area contributed by atoms with E-state index >= 15 is 0 Å². The Morgan fingerprint density at radius 1 is 0.885 bits per heavy atom. The van der Waals surface area contributed by atoms with Crippen molar-refractivity contribution in [2.24, 2.45) is 0 Å². The van der Waals surface area contributed by atoms with E-state index in [1.54, 1.807) is 4.31 Å². The van der Waals surface area contributed by atoms with Crippen LogP contribution < -0.4 is 0 Å². The second kappa shape index (κ2) is 8.80. The van der Waals surface area contributed by atoms with Crippen LogP contribution in [0.1, 0.15) is 18.1 Å². The van der Waals surface area contributed by atoms with E-state index < -0.39 is 10.0 Å². The predicted molar refractivity (Wildman–Crippen MR) is 107 cm³/mol. The van der Waals surface area contributed by atoms with E-state index in [2.05, 4.69) is 36.1 Å². The Morgan fingerprint density at radius 3 is 2.04 bits per heavy atom. The molecular formula is C21H28N2O2S. The van der Waals surface area contributed by atoms with Crippen LogP contribution in [0.2, 0.25) is 0 Å². The molecule has 0 amide bonds. The van der Waals surface area contributed by atoms with Gasteiger partial charge in [-0.25, -0.2) is 8.42 Å². The normalized spacial score (nSPS) is 19.5. The number of aryl methyl sites for hydroxylation is 1. The highest BCUT2D eigenvalue weighted by atomic mass is 32.2. The molecule has 1 fully saturated rings. The Morgan fingerprint density at radius 2 is 1.46 bits per heavy atom. The summed E-state index contributed by atoms with van der Waals surface area (Å²) in [6, 6.07) is 20.5. The van der Waals surface area contributed by atoms with Crippen molar-refractivity contribution >= 4 is 10.0 Å². The van der Waals surface area contributed by atoms with Gasteiger partial charge in [0.2, 0.25) is 10.0 Å². The molecule has 3 rings (SSSR count). The summed E-state index contributed by atoms with van der Waals surface area (Å²) >= 11 is 0. The second-order valence-electron chi connectivity index (χ2n) is 7.03. The van der Waals surface area contributed by atoms with Crippen LogP contribution in [0.4, 0.5) is 0 Å². The Labute approximate surface area is 157 Å². The Balaban J connectivity index is 1.50. The highest BCUT2D eigenvalue weighted by Crippen LogP contribution is 2.15. The van der Waals surface area contributed by atoms with Gasteiger partial charge in [0, 0.05) is 32.2 Å². The molecule has 140 valence electrons. The van der Waals surface area contributed by atoms with Gasteiger partial charge in [0.15, 0.2) is 0 Å². The van der Waals surface area contributed by atoms with Crippen LogP contribution in [0, 0.1) is 0 Å².